The van der Waals surface area contributed by atoms with Gasteiger partial charge in [-0.2, -0.15) is 4.58 Å². The number of aryl methyl sites for hydroxylation is 2. The lowest BCUT2D eigenvalue weighted by Gasteiger charge is -2.30. The van der Waals surface area contributed by atoms with Crippen LogP contribution in [-0.2, 0) is 23.7 Å². The molecule has 0 amide bonds. The van der Waals surface area contributed by atoms with Gasteiger partial charge >= 0.3 is 0 Å². The molecule has 6 aromatic rings. The number of likely N-dealkylation sites (N-methyl/N-ethyl adjacent to an activating group) is 1. The summed E-state index contributed by atoms with van der Waals surface area (Å²) in [5, 5.41) is 5.27. The highest BCUT2D eigenvalue weighted by atomic mass is 15.2. The van der Waals surface area contributed by atoms with Gasteiger partial charge in [0.2, 0.25) is 5.69 Å². The third kappa shape index (κ3) is 4.88. The zero-order chi connectivity index (χ0) is 33.9. The summed E-state index contributed by atoms with van der Waals surface area (Å²) in [7, 11) is 4.49. The van der Waals surface area contributed by atoms with Crippen LogP contribution in [0.15, 0.2) is 145 Å². The van der Waals surface area contributed by atoms with E-state index in [2.05, 4.69) is 191 Å². The van der Waals surface area contributed by atoms with Gasteiger partial charge in [-0.15, -0.1) is 0 Å². The average Bonchev–Trinajstić information content (AvgIpc) is 3.46. The van der Waals surface area contributed by atoms with Crippen LogP contribution in [0, 0.1) is 13.8 Å². The van der Waals surface area contributed by atoms with Gasteiger partial charge in [0.1, 0.15) is 7.05 Å². The van der Waals surface area contributed by atoms with Crippen LogP contribution in [0.4, 0.5) is 11.4 Å². The molecular weight excluding hydrogens is 593 g/mol. The van der Waals surface area contributed by atoms with Crippen molar-refractivity contribution in [2.24, 2.45) is 0 Å². The lowest BCUT2D eigenvalue weighted by Crippen LogP contribution is -2.33. The van der Waals surface area contributed by atoms with E-state index in [-0.39, 0.29) is 10.8 Å². The normalized spacial score (nSPS) is 21.0. The average molecular weight is 638 g/mol. The monoisotopic (exact) mass is 637 g/mol. The van der Waals surface area contributed by atoms with Crippen molar-refractivity contribution in [1.29, 1.82) is 0 Å². The maximum Gasteiger partial charge on any atom is 0.210 e. The standard InChI is InChI=1S/C47H45N2/c1-32-16-7-9-20-36(32)30-46(3)42(48(5)40-28-26-34-18-11-13-22-38(34)44(40)46)24-15-25-43-47(4,31-37-21-10-8-17-33(37)2)45-39-23-14-12-19-35(39)27-29-41(45)49(43)6/h7-29H,30-31H2,1-6H3/q+1. The van der Waals surface area contributed by atoms with E-state index in [1.54, 1.807) is 0 Å². The second-order valence-electron chi connectivity index (χ2n) is 14.6. The Morgan fingerprint density at radius 3 is 1.78 bits per heavy atom. The van der Waals surface area contributed by atoms with E-state index < -0.39 is 0 Å². The van der Waals surface area contributed by atoms with Crippen molar-refractivity contribution in [2.75, 3.05) is 19.0 Å². The second-order valence-corrected chi connectivity index (χ2v) is 14.6. The summed E-state index contributed by atoms with van der Waals surface area (Å²) in [5.41, 5.74) is 13.1. The fourth-order valence-electron chi connectivity index (χ4n) is 9.05. The van der Waals surface area contributed by atoms with Crippen molar-refractivity contribution < 1.29 is 4.58 Å². The molecule has 8 rings (SSSR count). The Labute approximate surface area is 291 Å². The molecule has 0 fully saturated rings. The summed E-state index contributed by atoms with van der Waals surface area (Å²) in [6.45, 7) is 9.39. The quantitative estimate of drug-likeness (QED) is 0.165. The molecule has 242 valence electrons. The first-order valence-corrected chi connectivity index (χ1v) is 17.6. The zero-order valence-electron chi connectivity index (χ0n) is 29.6. The number of anilines is 1. The van der Waals surface area contributed by atoms with Crippen molar-refractivity contribution in [3.8, 4) is 0 Å². The van der Waals surface area contributed by atoms with Crippen LogP contribution in [0.1, 0.15) is 47.2 Å². The summed E-state index contributed by atoms with van der Waals surface area (Å²) < 4.78 is 2.43. The van der Waals surface area contributed by atoms with E-state index >= 15 is 0 Å². The van der Waals surface area contributed by atoms with Gasteiger partial charge in [0.05, 0.1) is 5.41 Å². The molecule has 0 bridgehead atoms. The number of rotatable bonds is 6. The van der Waals surface area contributed by atoms with Gasteiger partial charge in [-0.05, 0) is 108 Å². The molecule has 2 atom stereocenters. The number of benzene rings is 6. The summed E-state index contributed by atoms with van der Waals surface area (Å²) in [4.78, 5) is 2.43. The van der Waals surface area contributed by atoms with E-state index in [1.165, 1.54) is 77.7 Å². The molecule has 49 heavy (non-hydrogen) atoms. The van der Waals surface area contributed by atoms with E-state index in [0.717, 1.165) is 12.8 Å². The molecule has 2 aliphatic rings. The Bertz CT molecular complexity index is 2370. The Morgan fingerprint density at radius 2 is 1.14 bits per heavy atom. The van der Waals surface area contributed by atoms with Crippen molar-refractivity contribution in [3.63, 3.8) is 0 Å². The number of hydrogen-bond acceptors (Lipinski definition) is 1. The van der Waals surface area contributed by atoms with Crippen LogP contribution in [0.5, 0.6) is 0 Å². The van der Waals surface area contributed by atoms with Crippen molar-refractivity contribution in [3.05, 3.63) is 179 Å². The minimum atomic E-state index is -0.211. The Morgan fingerprint density at radius 1 is 0.612 bits per heavy atom. The number of fused-ring (bicyclic) bond motifs is 6. The van der Waals surface area contributed by atoms with Gasteiger partial charge in [-0.25, -0.2) is 0 Å². The minimum absolute atomic E-state index is 0.211. The lowest BCUT2D eigenvalue weighted by atomic mass is 9.72. The molecule has 2 aliphatic heterocycles. The van der Waals surface area contributed by atoms with Crippen molar-refractivity contribution in [1.82, 2.24) is 0 Å². The number of nitrogens with zero attached hydrogens (tertiary/aromatic N) is 2. The second kappa shape index (κ2) is 11.7. The summed E-state index contributed by atoms with van der Waals surface area (Å²) in [6, 6.07) is 44.7. The van der Waals surface area contributed by atoms with Gasteiger partial charge in [-0.3, -0.25) is 0 Å². The Balaban J connectivity index is 1.28. The van der Waals surface area contributed by atoms with Gasteiger partial charge in [-0.1, -0.05) is 109 Å². The molecule has 2 nitrogen and oxygen atoms in total. The molecule has 0 spiro atoms. The minimum Gasteiger partial charge on any atom is -0.347 e. The molecule has 0 aliphatic carbocycles. The Hall–Kier alpha value is -5.21. The van der Waals surface area contributed by atoms with Crippen LogP contribution in [0.2, 0.25) is 0 Å². The van der Waals surface area contributed by atoms with Gasteiger partial charge in [0.25, 0.3) is 0 Å². The van der Waals surface area contributed by atoms with Crippen LogP contribution in [0.25, 0.3) is 21.5 Å². The highest BCUT2D eigenvalue weighted by molar-refractivity contribution is 6.08. The molecule has 2 heteroatoms. The largest absolute Gasteiger partial charge is 0.347 e. The molecule has 2 heterocycles. The third-order valence-electron chi connectivity index (χ3n) is 11.6. The molecule has 6 aromatic carbocycles. The molecule has 0 radical (unpaired) electrons. The highest BCUT2D eigenvalue weighted by Gasteiger charge is 2.48. The van der Waals surface area contributed by atoms with Crippen LogP contribution in [0.3, 0.4) is 0 Å². The highest BCUT2D eigenvalue weighted by Crippen LogP contribution is 2.52. The number of allylic oxidation sites excluding steroid dienone is 4. The smallest absolute Gasteiger partial charge is 0.210 e. The van der Waals surface area contributed by atoms with Gasteiger partial charge < -0.3 is 4.90 Å². The molecule has 2 unspecified atom stereocenters. The summed E-state index contributed by atoms with van der Waals surface area (Å²) in [6.07, 6.45) is 8.98. The predicted molar refractivity (Wildman–Crippen MR) is 209 cm³/mol. The SMILES string of the molecule is Cc1ccccc1CC1(C)C(=CC=CC2=[N+](C)c3ccc4ccccc4c3C2(C)Cc2ccccc2C)N(C)c2ccc3ccccc3c21. The maximum atomic E-state index is 2.45. The molecule has 0 N–H and O–H groups in total. The first kappa shape index (κ1) is 31.1. The summed E-state index contributed by atoms with van der Waals surface area (Å²) >= 11 is 0. The first-order valence-electron chi connectivity index (χ1n) is 17.6. The van der Waals surface area contributed by atoms with Crippen LogP contribution < -0.4 is 4.90 Å². The molecule has 0 aromatic heterocycles. The van der Waals surface area contributed by atoms with E-state index in [9.17, 15) is 0 Å². The molecule has 0 saturated carbocycles. The van der Waals surface area contributed by atoms with Crippen LogP contribution in [-0.4, -0.2) is 24.4 Å². The van der Waals surface area contributed by atoms with Crippen molar-refractivity contribution in [2.45, 2.75) is 51.4 Å². The fraction of sp³-hybridized carbons (Fsp3) is 0.213. The summed E-state index contributed by atoms with van der Waals surface area (Å²) in [5.74, 6) is 0. The van der Waals surface area contributed by atoms with Gasteiger partial charge in [0, 0.05) is 41.6 Å². The molecular formula is C47H45N2+. The van der Waals surface area contributed by atoms with Crippen molar-refractivity contribution >= 4 is 38.6 Å². The fourth-order valence-corrected chi connectivity index (χ4v) is 9.05. The predicted octanol–water partition coefficient (Wildman–Crippen LogP) is 10.9. The Kier molecular flexibility index (Phi) is 7.45. The van der Waals surface area contributed by atoms with Crippen LogP contribution >= 0.6 is 0 Å². The van der Waals surface area contributed by atoms with Gasteiger partial charge in [0.15, 0.2) is 5.71 Å². The topological polar surface area (TPSA) is 6.25 Å². The van der Waals surface area contributed by atoms with E-state index in [4.69, 9.17) is 0 Å². The lowest BCUT2D eigenvalue weighted by molar-refractivity contribution is -0.401. The molecule has 0 saturated heterocycles. The first-order chi connectivity index (χ1) is 23.7. The van der Waals surface area contributed by atoms with E-state index in [1.807, 2.05) is 0 Å². The van der Waals surface area contributed by atoms with E-state index in [0.29, 0.717) is 0 Å². The zero-order valence-corrected chi connectivity index (χ0v) is 29.6. The third-order valence-corrected chi connectivity index (χ3v) is 11.6. The number of hydrogen-bond donors (Lipinski definition) is 0. The maximum absolute atomic E-state index is 2.45.